The molecule has 1 aliphatic rings. The molecule has 0 spiro atoms. The average Bonchev–Trinajstić information content (AvgIpc) is 2.98. The van der Waals surface area contributed by atoms with Gasteiger partial charge in [0.2, 0.25) is 0 Å². The van der Waals surface area contributed by atoms with Crippen LogP contribution in [0.2, 0.25) is 0 Å². The van der Waals surface area contributed by atoms with Crippen LogP contribution in [0.4, 0.5) is 0 Å². The van der Waals surface area contributed by atoms with Crippen molar-refractivity contribution in [2.24, 2.45) is 0 Å². The Labute approximate surface area is 110 Å². The van der Waals surface area contributed by atoms with Crippen molar-refractivity contribution in [2.75, 3.05) is 26.7 Å². The smallest absolute Gasteiger partial charge is 0.268 e. The second kappa shape index (κ2) is 4.79. The first-order valence-electron chi connectivity index (χ1n) is 6.05. The second-order valence-electron chi connectivity index (χ2n) is 4.59. The summed E-state index contributed by atoms with van der Waals surface area (Å²) in [6.07, 6.45) is 0. The number of hydrogen-bond acceptors (Lipinski definition) is 6. The highest BCUT2D eigenvalue weighted by Crippen LogP contribution is 2.29. The number of nitrogens with zero attached hydrogens (tertiary/aromatic N) is 3. The fraction of sp³-hybridized carbons (Fsp3) is 0.500. The second-order valence-corrected chi connectivity index (χ2v) is 5.51. The first-order valence-corrected chi connectivity index (χ1v) is 6.92. The molecule has 1 unspecified atom stereocenters. The predicted molar refractivity (Wildman–Crippen MR) is 70.6 cm³/mol. The average molecular weight is 264 g/mol. The summed E-state index contributed by atoms with van der Waals surface area (Å²) in [5.74, 6) is 1.41. The van der Waals surface area contributed by atoms with Crippen molar-refractivity contribution in [3.05, 3.63) is 22.8 Å². The van der Waals surface area contributed by atoms with Crippen LogP contribution >= 0.6 is 11.3 Å². The monoisotopic (exact) mass is 264 g/mol. The summed E-state index contributed by atoms with van der Waals surface area (Å²) in [4.78, 5) is 7.86. The van der Waals surface area contributed by atoms with Crippen molar-refractivity contribution in [1.29, 1.82) is 0 Å². The summed E-state index contributed by atoms with van der Waals surface area (Å²) < 4.78 is 5.39. The van der Waals surface area contributed by atoms with Crippen LogP contribution in [-0.4, -0.2) is 41.7 Å². The molecule has 1 aliphatic heterocycles. The van der Waals surface area contributed by atoms with Gasteiger partial charge < -0.3 is 9.84 Å². The van der Waals surface area contributed by atoms with E-state index in [2.05, 4.69) is 40.4 Å². The van der Waals surface area contributed by atoms with Gasteiger partial charge in [0, 0.05) is 19.6 Å². The van der Waals surface area contributed by atoms with Gasteiger partial charge in [-0.1, -0.05) is 5.16 Å². The number of thiophene rings is 1. The lowest BCUT2D eigenvalue weighted by atomic mass is 10.2. The number of piperazine rings is 1. The number of likely N-dealkylation sites (N-methyl/N-ethyl adjacent to an activating group) is 1. The van der Waals surface area contributed by atoms with Crippen LogP contribution in [0.3, 0.4) is 0 Å². The highest BCUT2D eigenvalue weighted by atomic mass is 32.1. The highest BCUT2D eigenvalue weighted by molar-refractivity contribution is 7.13. The molecule has 3 heterocycles. The van der Waals surface area contributed by atoms with Gasteiger partial charge in [0.05, 0.1) is 10.9 Å². The van der Waals surface area contributed by atoms with Crippen LogP contribution in [0, 0.1) is 6.92 Å². The van der Waals surface area contributed by atoms with Crippen molar-refractivity contribution in [3.8, 4) is 10.8 Å². The Morgan fingerprint density at radius 3 is 3.17 bits per heavy atom. The quantitative estimate of drug-likeness (QED) is 0.894. The molecule has 1 saturated heterocycles. The zero-order valence-electron chi connectivity index (χ0n) is 10.5. The molecule has 0 radical (unpaired) electrons. The first kappa shape index (κ1) is 11.8. The minimum Gasteiger partial charge on any atom is -0.333 e. The topological polar surface area (TPSA) is 54.2 Å². The van der Waals surface area contributed by atoms with Gasteiger partial charge in [-0.2, -0.15) is 4.98 Å². The third-order valence-electron chi connectivity index (χ3n) is 3.31. The molecular formula is C12H16N4OS. The summed E-state index contributed by atoms with van der Waals surface area (Å²) in [7, 11) is 2.10. The molecule has 1 N–H and O–H groups in total. The van der Waals surface area contributed by atoms with Crippen molar-refractivity contribution in [3.63, 3.8) is 0 Å². The molecule has 2 aromatic heterocycles. The highest BCUT2D eigenvalue weighted by Gasteiger charge is 2.25. The van der Waals surface area contributed by atoms with Gasteiger partial charge in [-0.15, -0.1) is 11.3 Å². The largest absolute Gasteiger partial charge is 0.333 e. The van der Waals surface area contributed by atoms with E-state index in [-0.39, 0.29) is 6.04 Å². The maximum absolute atomic E-state index is 5.39. The minimum atomic E-state index is 0.205. The van der Waals surface area contributed by atoms with E-state index in [9.17, 15) is 0 Å². The Hall–Kier alpha value is -1.24. The van der Waals surface area contributed by atoms with Crippen LogP contribution in [0.1, 0.15) is 17.4 Å². The van der Waals surface area contributed by atoms with Gasteiger partial charge in [-0.05, 0) is 31.0 Å². The van der Waals surface area contributed by atoms with E-state index < -0.39 is 0 Å². The van der Waals surface area contributed by atoms with Crippen LogP contribution in [0.15, 0.2) is 16.0 Å². The Balaban J connectivity index is 1.87. The molecular weight excluding hydrogens is 248 g/mol. The molecule has 5 nitrogen and oxygen atoms in total. The lowest BCUT2D eigenvalue weighted by molar-refractivity contribution is 0.190. The van der Waals surface area contributed by atoms with Crippen molar-refractivity contribution in [2.45, 2.75) is 13.0 Å². The number of aromatic nitrogens is 2. The van der Waals surface area contributed by atoms with Crippen LogP contribution < -0.4 is 5.32 Å². The van der Waals surface area contributed by atoms with E-state index >= 15 is 0 Å². The summed E-state index contributed by atoms with van der Waals surface area (Å²) in [5.41, 5.74) is 1.19. The van der Waals surface area contributed by atoms with E-state index in [0.29, 0.717) is 5.89 Å². The summed E-state index contributed by atoms with van der Waals surface area (Å²) in [6.45, 7) is 4.96. The summed E-state index contributed by atoms with van der Waals surface area (Å²) in [6, 6.07) is 2.27. The molecule has 0 aliphatic carbocycles. The molecule has 6 heteroatoms. The molecule has 1 fully saturated rings. The maximum atomic E-state index is 5.39. The zero-order valence-corrected chi connectivity index (χ0v) is 11.3. The Morgan fingerprint density at radius 2 is 2.44 bits per heavy atom. The SMILES string of the molecule is Cc1ccsc1-c1nc(C2CNCCN2C)no1. The predicted octanol–water partition coefficient (Wildman–Crippen LogP) is 1.68. The maximum Gasteiger partial charge on any atom is 0.268 e. The Kier molecular flexibility index (Phi) is 3.15. The van der Waals surface area contributed by atoms with E-state index in [1.54, 1.807) is 11.3 Å². The molecule has 0 aromatic carbocycles. The zero-order chi connectivity index (χ0) is 12.5. The van der Waals surface area contributed by atoms with Gasteiger partial charge in [0.1, 0.15) is 0 Å². The molecule has 96 valence electrons. The van der Waals surface area contributed by atoms with Crippen LogP contribution in [0.25, 0.3) is 10.8 Å². The Bertz CT molecular complexity index is 536. The molecule has 18 heavy (non-hydrogen) atoms. The van der Waals surface area contributed by atoms with Gasteiger partial charge in [-0.25, -0.2) is 0 Å². The van der Waals surface area contributed by atoms with E-state index in [1.807, 2.05) is 5.38 Å². The summed E-state index contributed by atoms with van der Waals surface area (Å²) in [5, 5.41) is 9.53. The molecule has 1 atom stereocenters. The minimum absolute atomic E-state index is 0.205. The van der Waals surface area contributed by atoms with E-state index in [0.717, 1.165) is 30.3 Å². The van der Waals surface area contributed by atoms with Crippen LogP contribution in [0.5, 0.6) is 0 Å². The van der Waals surface area contributed by atoms with Gasteiger partial charge in [0.25, 0.3) is 5.89 Å². The van der Waals surface area contributed by atoms with Gasteiger partial charge in [-0.3, -0.25) is 4.90 Å². The molecule has 0 amide bonds. The number of nitrogens with one attached hydrogen (secondary N) is 1. The van der Waals surface area contributed by atoms with Gasteiger partial charge in [0.15, 0.2) is 5.82 Å². The lowest BCUT2D eigenvalue weighted by Gasteiger charge is -2.30. The third-order valence-corrected chi connectivity index (χ3v) is 4.31. The van der Waals surface area contributed by atoms with Crippen molar-refractivity contribution in [1.82, 2.24) is 20.4 Å². The fourth-order valence-corrected chi connectivity index (χ4v) is 2.99. The summed E-state index contributed by atoms with van der Waals surface area (Å²) >= 11 is 1.64. The van der Waals surface area contributed by atoms with E-state index in [4.69, 9.17) is 4.52 Å². The molecule has 0 saturated carbocycles. The van der Waals surface area contributed by atoms with Crippen molar-refractivity contribution >= 4 is 11.3 Å². The number of hydrogen-bond donors (Lipinski definition) is 1. The van der Waals surface area contributed by atoms with Crippen molar-refractivity contribution < 1.29 is 4.52 Å². The number of rotatable bonds is 2. The van der Waals surface area contributed by atoms with Gasteiger partial charge >= 0.3 is 0 Å². The fourth-order valence-electron chi connectivity index (χ4n) is 2.15. The first-order chi connectivity index (χ1) is 8.75. The Morgan fingerprint density at radius 1 is 1.56 bits per heavy atom. The lowest BCUT2D eigenvalue weighted by Crippen LogP contribution is -2.44. The number of aryl methyl sites for hydroxylation is 1. The molecule has 3 rings (SSSR count). The molecule has 0 bridgehead atoms. The normalized spacial score (nSPS) is 21.3. The third kappa shape index (κ3) is 2.07. The van der Waals surface area contributed by atoms with Crippen LogP contribution in [-0.2, 0) is 0 Å². The molecule has 2 aromatic rings. The van der Waals surface area contributed by atoms with E-state index in [1.165, 1.54) is 5.56 Å². The standard InChI is InChI=1S/C12H16N4OS/c1-8-3-6-18-10(8)12-14-11(15-17-12)9-7-13-4-5-16(9)2/h3,6,9,13H,4-5,7H2,1-2H3.